The van der Waals surface area contributed by atoms with Gasteiger partial charge in [0.25, 0.3) is 6.47 Å². The molecule has 18 heavy (non-hydrogen) atoms. The lowest BCUT2D eigenvalue weighted by Crippen LogP contribution is -2.20. The Bertz CT molecular complexity index is 513. The average molecular weight is 240 g/mol. The summed E-state index contributed by atoms with van der Waals surface area (Å²) in [5.41, 5.74) is 2.73. The zero-order valence-corrected chi connectivity index (χ0v) is 10.6. The Labute approximate surface area is 107 Å². The van der Waals surface area contributed by atoms with Crippen molar-refractivity contribution < 1.29 is 9.53 Å². The summed E-state index contributed by atoms with van der Waals surface area (Å²) < 4.78 is 5.08. The van der Waals surface area contributed by atoms with Gasteiger partial charge in [0, 0.05) is 0 Å². The largest absolute Gasteiger partial charge is 0.457 e. The Balaban J connectivity index is 2.28. The molecule has 2 aromatic rings. The molecular formula is C16H16O2. The van der Waals surface area contributed by atoms with E-state index in [4.69, 9.17) is 4.74 Å². The second kappa shape index (κ2) is 5.05. The lowest BCUT2D eigenvalue weighted by molar-refractivity contribution is -0.141. The minimum atomic E-state index is -0.586. The van der Waals surface area contributed by atoms with E-state index in [1.165, 1.54) is 5.56 Å². The lowest BCUT2D eigenvalue weighted by atomic mass is 9.95. The number of benzene rings is 2. The van der Waals surface area contributed by atoms with Crippen molar-refractivity contribution in [3.63, 3.8) is 0 Å². The Morgan fingerprint density at radius 2 is 1.44 bits per heavy atom. The molecule has 0 heterocycles. The van der Waals surface area contributed by atoms with Crippen LogP contribution in [0.15, 0.2) is 54.6 Å². The van der Waals surface area contributed by atoms with Crippen LogP contribution < -0.4 is 0 Å². The Hall–Kier alpha value is -2.09. The van der Waals surface area contributed by atoms with E-state index < -0.39 is 5.60 Å². The van der Waals surface area contributed by atoms with E-state index in [0.717, 1.165) is 11.1 Å². The van der Waals surface area contributed by atoms with Gasteiger partial charge in [0.05, 0.1) is 0 Å². The van der Waals surface area contributed by atoms with E-state index in [1.807, 2.05) is 56.3 Å². The van der Waals surface area contributed by atoms with Gasteiger partial charge in [0.1, 0.15) is 5.60 Å². The van der Waals surface area contributed by atoms with Crippen LogP contribution in [0, 0.1) is 0 Å². The van der Waals surface area contributed by atoms with Crippen molar-refractivity contribution in [3.05, 3.63) is 60.2 Å². The third-order valence-electron chi connectivity index (χ3n) is 3.03. The second-order valence-corrected chi connectivity index (χ2v) is 4.67. The molecule has 0 aliphatic rings. The first-order valence-corrected chi connectivity index (χ1v) is 5.91. The number of rotatable bonds is 4. The molecule has 0 radical (unpaired) electrons. The fourth-order valence-electron chi connectivity index (χ4n) is 1.88. The maximum absolute atomic E-state index is 10.5. The Kier molecular flexibility index (Phi) is 3.47. The highest BCUT2D eigenvalue weighted by atomic mass is 16.5. The van der Waals surface area contributed by atoms with Crippen LogP contribution in [0.3, 0.4) is 0 Å². The quantitative estimate of drug-likeness (QED) is 0.760. The van der Waals surface area contributed by atoms with Gasteiger partial charge in [-0.25, -0.2) is 0 Å². The molecule has 0 bridgehead atoms. The van der Waals surface area contributed by atoms with Crippen molar-refractivity contribution in [3.8, 4) is 11.1 Å². The fraction of sp³-hybridized carbons (Fsp3) is 0.188. The molecule has 0 atom stereocenters. The molecule has 0 spiro atoms. The van der Waals surface area contributed by atoms with Gasteiger partial charge in [-0.3, -0.25) is 4.79 Å². The molecule has 0 amide bonds. The van der Waals surface area contributed by atoms with Gasteiger partial charge in [-0.2, -0.15) is 0 Å². The molecule has 0 aromatic heterocycles. The number of hydrogen-bond acceptors (Lipinski definition) is 2. The summed E-state index contributed by atoms with van der Waals surface area (Å²) in [7, 11) is 0. The smallest absolute Gasteiger partial charge is 0.293 e. The van der Waals surface area contributed by atoms with Crippen LogP contribution in [0.1, 0.15) is 19.4 Å². The SMILES string of the molecule is CC(C)(OC=O)c1ccc(-c2ccccc2)cc1. The average Bonchev–Trinajstić information content (AvgIpc) is 2.40. The van der Waals surface area contributed by atoms with E-state index in [0.29, 0.717) is 6.47 Å². The highest BCUT2D eigenvalue weighted by molar-refractivity contribution is 5.63. The first-order chi connectivity index (χ1) is 8.63. The highest BCUT2D eigenvalue weighted by Crippen LogP contribution is 2.26. The molecule has 2 aromatic carbocycles. The van der Waals surface area contributed by atoms with Crippen LogP contribution in [0.25, 0.3) is 11.1 Å². The number of ether oxygens (including phenoxy) is 1. The molecule has 0 aliphatic carbocycles. The highest BCUT2D eigenvalue weighted by Gasteiger charge is 2.21. The number of carbonyl (C=O) groups is 1. The van der Waals surface area contributed by atoms with Crippen molar-refractivity contribution >= 4 is 6.47 Å². The third-order valence-corrected chi connectivity index (χ3v) is 3.03. The van der Waals surface area contributed by atoms with E-state index in [9.17, 15) is 4.79 Å². The van der Waals surface area contributed by atoms with Gasteiger partial charge in [-0.1, -0.05) is 54.6 Å². The lowest BCUT2D eigenvalue weighted by Gasteiger charge is -2.23. The van der Waals surface area contributed by atoms with E-state index in [2.05, 4.69) is 12.1 Å². The number of hydrogen-bond donors (Lipinski definition) is 0. The molecule has 92 valence electrons. The zero-order chi connectivity index (χ0) is 13.0. The van der Waals surface area contributed by atoms with Gasteiger partial charge in [0.2, 0.25) is 0 Å². The molecule has 0 N–H and O–H groups in total. The maximum Gasteiger partial charge on any atom is 0.293 e. The first-order valence-electron chi connectivity index (χ1n) is 5.91. The summed E-state index contributed by atoms with van der Waals surface area (Å²) in [5.74, 6) is 0. The van der Waals surface area contributed by atoms with E-state index in [1.54, 1.807) is 0 Å². The zero-order valence-electron chi connectivity index (χ0n) is 10.6. The van der Waals surface area contributed by atoms with Crippen molar-refractivity contribution in [2.24, 2.45) is 0 Å². The molecule has 0 saturated heterocycles. The summed E-state index contributed by atoms with van der Waals surface area (Å²) in [4.78, 5) is 10.5. The van der Waals surface area contributed by atoms with Crippen molar-refractivity contribution in [2.45, 2.75) is 19.4 Å². The molecular weight excluding hydrogens is 224 g/mol. The van der Waals surface area contributed by atoms with Crippen LogP contribution in [0.2, 0.25) is 0 Å². The van der Waals surface area contributed by atoms with Crippen LogP contribution in [0.5, 0.6) is 0 Å². The standard InChI is InChI=1S/C16H16O2/c1-16(2,18-12-17)15-10-8-14(9-11-15)13-6-4-3-5-7-13/h3-12H,1-2H3. The molecule has 0 fully saturated rings. The summed E-state index contributed by atoms with van der Waals surface area (Å²) in [6.45, 7) is 4.24. The predicted octanol–water partition coefficient (Wildman–Crippen LogP) is 3.76. The van der Waals surface area contributed by atoms with Crippen LogP contribution in [-0.4, -0.2) is 6.47 Å². The van der Waals surface area contributed by atoms with Gasteiger partial charge in [0.15, 0.2) is 0 Å². The molecule has 2 heteroatoms. The van der Waals surface area contributed by atoms with Gasteiger partial charge in [-0.05, 0) is 30.5 Å². The van der Waals surface area contributed by atoms with Gasteiger partial charge >= 0.3 is 0 Å². The monoisotopic (exact) mass is 240 g/mol. The second-order valence-electron chi connectivity index (χ2n) is 4.67. The number of carbonyl (C=O) groups excluding carboxylic acids is 1. The Morgan fingerprint density at radius 3 is 2.00 bits per heavy atom. The third kappa shape index (κ3) is 2.59. The van der Waals surface area contributed by atoms with E-state index in [-0.39, 0.29) is 0 Å². The Morgan fingerprint density at radius 1 is 0.889 bits per heavy atom. The topological polar surface area (TPSA) is 26.3 Å². The minimum Gasteiger partial charge on any atom is -0.457 e. The molecule has 0 unspecified atom stereocenters. The fourth-order valence-corrected chi connectivity index (χ4v) is 1.88. The molecule has 0 saturated carbocycles. The summed E-state index contributed by atoms with van der Waals surface area (Å²) in [6.07, 6.45) is 0. The van der Waals surface area contributed by atoms with Crippen LogP contribution in [0.4, 0.5) is 0 Å². The van der Waals surface area contributed by atoms with Crippen molar-refractivity contribution in [2.75, 3.05) is 0 Å². The van der Waals surface area contributed by atoms with Gasteiger partial charge in [-0.15, -0.1) is 0 Å². The van der Waals surface area contributed by atoms with E-state index >= 15 is 0 Å². The molecule has 2 rings (SSSR count). The summed E-state index contributed by atoms with van der Waals surface area (Å²) in [6, 6.07) is 18.2. The summed E-state index contributed by atoms with van der Waals surface area (Å²) in [5, 5.41) is 0. The maximum atomic E-state index is 10.5. The van der Waals surface area contributed by atoms with Crippen molar-refractivity contribution in [1.29, 1.82) is 0 Å². The molecule has 2 nitrogen and oxygen atoms in total. The first kappa shape index (κ1) is 12.4. The van der Waals surface area contributed by atoms with Crippen LogP contribution >= 0.6 is 0 Å². The summed E-state index contributed by atoms with van der Waals surface area (Å²) >= 11 is 0. The molecule has 0 aliphatic heterocycles. The van der Waals surface area contributed by atoms with Gasteiger partial charge < -0.3 is 4.74 Å². The predicted molar refractivity (Wildman–Crippen MR) is 72.1 cm³/mol. The van der Waals surface area contributed by atoms with Crippen LogP contribution in [-0.2, 0) is 15.1 Å². The minimum absolute atomic E-state index is 0.491. The normalized spacial score (nSPS) is 11.0. The van der Waals surface area contributed by atoms with Crippen molar-refractivity contribution in [1.82, 2.24) is 0 Å².